The molecule has 1 heterocycles. The summed E-state index contributed by atoms with van der Waals surface area (Å²) in [5.41, 5.74) is 0. The zero-order chi connectivity index (χ0) is 8.97. The van der Waals surface area contributed by atoms with E-state index in [1.54, 1.807) is 0 Å². The van der Waals surface area contributed by atoms with E-state index in [2.05, 4.69) is 24.1 Å². The molecule has 1 fully saturated rings. The highest BCUT2D eigenvalue weighted by atomic mass is 15.1. The summed E-state index contributed by atoms with van der Waals surface area (Å²) in [5.74, 6) is 1.79. The molecule has 0 amide bonds. The zero-order valence-corrected chi connectivity index (χ0v) is 8.64. The van der Waals surface area contributed by atoms with Gasteiger partial charge in [0.25, 0.3) is 0 Å². The van der Waals surface area contributed by atoms with Crippen molar-refractivity contribution in [3.8, 4) is 0 Å². The first-order valence-corrected chi connectivity index (χ1v) is 5.09. The maximum Gasteiger partial charge on any atom is 0.0107 e. The smallest absolute Gasteiger partial charge is 0.0107 e. The van der Waals surface area contributed by atoms with E-state index in [1.165, 1.54) is 26.1 Å². The Labute approximate surface area is 76.3 Å². The van der Waals surface area contributed by atoms with Crippen molar-refractivity contribution < 1.29 is 0 Å². The minimum absolute atomic E-state index is 0.894. The molecule has 0 aromatic carbocycles. The molecule has 0 radical (unpaired) electrons. The monoisotopic (exact) mass is 170 g/mol. The lowest BCUT2D eigenvalue weighted by Gasteiger charge is -2.34. The van der Waals surface area contributed by atoms with Gasteiger partial charge < -0.3 is 10.2 Å². The number of likely N-dealkylation sites (tertiary alicyclic amines) is 1. The second kappa shape index (κ2) is 4.83. The van der Waals surface area contributed by atoms with Gasteiger partial charge in [-0.25, -0.2) is 0 Å². The second-order valence-electron chi connectivity index (χ2n) is 4.31. The Balaban J connectivity index is 2.24. The molecule has 1 aliphatic heterocycles. The number of piperidine rings is 1. The number of nitrogens with one attached hydrogen (secondary N) is 1. The number of rotatable bonds is 3. The molecular formula is C10H22N2. The highest BCUT2D eigenvalue weighted by Crippen LogP contribution is 2.20. The molecule has 0 spiro atoms. The van der Waals surface area contributed by atoms with Crippen molar-refractivity contribution >= 4 is 0 Å². The van der Waals surface area contributed by atoms with Gasteiger partial charge in [-0.1, -0.05) is 13.8 Å². The molecule has 1 saturated heterocycles. The summed E-state index contributed by atoms with van der Waals surface area (Å²) < 4.78 is 0. The Kier molecular flexibility index (Phi) is 4.02. The minimum atomic E-state index is 0.894. The van der Waals surface area contributed by atoms with Gasteiger partial charge in [0, 0.05) is 26.2 Å². The fraction of sp³-hybridized carbons (Fsp3) is 1.00. The quantitative estimate of drug-likeness (QED) is 0.684. The van der Waals surface area contributed by atoms with E-state index in [1.807, 2.05) is 7.05 Å². The van der Waals surface area contributed by atoms with Gasteiger partial charge in [-0.15, -0.1) is 0 Å². The SMILES string of the molecule is CNCCN1C[C@H](C)C[C@H](C)C1. The maximum atomic E-state index is 3.20. The van der Waals surface area contributed by atoms with Gasteiger partial charge in [0.1, 0.15) is 0 Å². The summed E-state index contributed by atoms with van der Waals surface area (Å²) in [6.45, 7) is 9.66. The fourth-order valence-electron chi connectivity index (χ4n) is 2.24. The summed E-state index contributed by atoms with van der Waals surface area (Å²) in [7, 11) is 2.02. The van der Waals surface area contributed by atoms with Crippen LogP contribution in [0.1, 0.15) is 20.3 Å². The molecule has 72 valence electrons. The second-order valence-corrected chi connectivity index (χ2v) is 4.31. The Hall–Kier alpha value is -0.0800. The Morgan fingerprint density at radius 3 is 2.33 bits per heavy atom. The molecule has 12 heavy (non-hydrogen) atoms. The van der Waals surface area contributed by atoms with Gasteiger partial charge >= 0.3 is 0 Å². The Morgan fingerprint density at radius 1 is 1.25 bits per heavy atom. The summed E-state index contributed by atoms with van der Waals surface area (Å²) >= 11 is 0. The van der Waals surface area contributed by atoms with E-state index in [0.29, 0.717) is 0 Å². The van der Waals surface area contributed by atoms with E-state index >= 15 is 0 Å². The molecule has 2 atom stereocenters. The standard InChI is InChI=1S/C10H22N2/c1-9-6-10(2)8-12(7-9)5-4-11-3/h9-11H,4-8H2,1-3H3/t9-,10+. The van der Waals surface area contributed by atoms with Gasteiger partial charge in [-0.2, -0.15) is 0 Å². The highest BCUT2D eigenvalue weighted by Gasteiger charge is 2.20. The van der Waals surface area contributed by atoms with Crippen molar-refractivity contribution in [3.63, 3.8) is 0 Å². The average molecular weight is 170 g/mol. The number of hydrogen-bond acceptors (Lipinski definition) is 2. The van der Waals surface area contributed by atoms with E-state index in [4.69, 9.17) is 0 Å². The number of nitrogens with zero attached hydrogens (tertiary/aromatic N) is 1. The van der Waals surface area contributed by atoms with Crippen LogP contribution in [0.4, 0.5) is 0 Å². The van der Waals surface area contributed by atoms with Gasteiger partial charge in [-0.3, -0.25) is 0 Å². The molecule has 2 nitrogen and oxygen atoms in total. The first kappa shape index (κ1) is 10.0. The van der Waals surface area contributed by atoms with E-state index < -0.39 is 0 Å². The zero-order valence-electron chi connectivity index (χ0n) is 8.64. The number of likely N-dealkylation sites (N-methyl/N-ethyl adjacent to an activating group) is 1. The molecule has 0 aliphatic carbocycles. The van der Waals surface area contributed by atoms with Gasteiger partial charge in [0.15, 0.2) is 0 Å². The third-order valence-electron chi connectivity index (χ3n) is 2.62. The van der Waals surface area contributed by atoms with E-state index in [9.17, 15) is 0 Å². The van der Waals surface area contributed by atoms with Crippen molar-refractivity contribution in [2.75, 3.05) is 33.2 Å². The molecule has 1 aliphatic rings. The van der Waals surface area contributed by atoms with Gasteiger partial charge in [0.05, 0.1) is 0 Å². The van der Waals surface area contributed by atoms with Crippen LogP contribution in [-0.4, -0.2) is 38.1 Å². The van der Waals surface area contributed by atoms with Crippen LogP contribution in [0.25, 0.3) is 0 Å². The fourth-order valence-corrected chi connectivity index (χ4v) is 2.24. The van der Waals surface area contributed by atoms with Crippen molar-refractivity contribution in [2.45, 2.75) is 20.3 Å². The van der Waals surface area contributed by atoms with Crippen molar-refractivity contribution in [3.05, 3.63) is 0 Å². The highest BCUT2D eigenvalue weighted by molar-refractivity contribution is 4.74. The van der Waals surface area contributed by atoms with Crippen molar-refractivity contribution in [1.29, 1.82) is 0 Å². The van der Waals surface area contributed by atoms with Crippen LogP contribution in [0.5, 0.6) is 0 Å². The Morgan fingerprint density at radius 2 is 1.83 bits per heavy atom. The molecule has 0 aromatic rings. The minimum Gasteiger partial charge on any atom is -0.318 e. The first-order chi connectivity index (χ1) is 5.72. The Bertz CT molecular complexity index is 115. The van der Waals surface area contributed by atoms with E-state index in [0.717, 1.165) is 18.4 Å². The van der Waals surface area contributed by atoms with Crippen molar-refractivity contribution in [2.24, 2.45) is 11.8 Å². The van der Waals surface area contributed by atoms with Crippen LogP contribution >= 0.6 is 0 Å². The largest absolute Gasteiger partial charge is 0.318 e. The molecule has 0 bridgehead atoms. The lowest BCUT2D eigenvalue weighted by molar-refractivity contribution is 0.142. The van der Waals surface area contributed by atoms with Crippen LogP contribution < -0.4 is 5.32 Å². The van der Waals surface area contributed by atoms with Gasteiger partial charge in [0.2, 0.25) is 0 Å². The molecular weight excluding hydrogens is 148 g/mol. The third-order valence-corrected chi connectivity index (χ3v) is 2.62. The average Bonchev–Trinajstić information content (AvgIpc) is 1.99. The van der Waals surface area contributed by atoms with Crippen molar-refractivity contribution in [1.82, 2.24) is 10.2 Å². The van der Waals surface area contributed by atoms with E-state index in [-0.39, 0.29) is 0 Å². The lowest BCUT2D eigenvalue weighted by atomic mass is 9.92. The van der Waals surface area contributed by atoms with Crippen LogP contribution in [0, 0.1) is 11.8 Å². The molecule has 0 aromatic heterocycles. The summed E-state index contributed by atoms with van der Waals surface area (Å²) in [6, 6.07) is 0. The van der Waals surface area contributed by atoms with Crippen LogP contribution in [0.15, 0.2) is 0 Å². The predicted octanol–water partition coefficient (Wildman–Crippen LogP) is 1.18. The first-order valence-electron chi connectivity index (χ1n) is 5.09. The molecule has 0 unspecified atom stereocenters. The van der Waals surface area contributed by atoms with Crippen LogP contribution in [-0.2, 0) is 0 Å². The normalized spacial score (nSPS) is 32.2. The summed E-state index contributed by atoms with van der Waals surface area (Å²) in [4.78, 5) is 2.58. The molecule has 0 saturated carbocycles. The molecule has 1 rings (SSSR count). The lowest BCUT2D eigenvalue weighted by Crippen LogP contribution is -2.41. The third kappa shape index (κ3) is 3.11. The van der Waals surface area contributed by atoms with Crippen LogP contribution in [0.2, 0.25) is 0 Å². The summed E-state index contributed by atoms with van der Waals surface area (Å²) in [6.07, 6.45) is 1.41. The number of hydrogen-bond donors (Lipinski definition) is 1. The van der Waals surface area contributed by atoms with Crippen LogP contribution in [0.3, 0.4) is 0 Å². The topological polar surface area (TPSA) is 15.3 Å². The molecule has 1 N–H and O–H groups in total. The molecule has 2 heteroatoms. The van der Waals surface area contributed by atoms with Gasteiger partial charge in [-0.05, 0) is 25.3 Å². The summed E-state index contributed by atoms with van der Waals surface area (Å²) in [5, 5.41) is 3.20. The maximum absolute atomic E-state index is 3.20. The predicted molar refractivity (Wildman–Crippen MR) is 53.3 cm³/mol.